The van der Waals surface area contributed by atoms with Crippen LogP contribution in [0.1, 0.15) is 24.2 Å². The van der Waals surface area contributed by atoms with Crippen LogP contribution in [-0.4, -0.2) is 46.9 Å². The number of carboxylic acid groups (broad SMARTS) is 1. The van der Waals surface area contributed by atoms with Gasteiger partial charge in [-0.05, 0) is 19.1 Å². The number of benzene rings is 1. The maximum Gasteiger partial charge on any atom is 0.326 e. The first-order chi connectivity index (χ1) is 10.6. The van der Waals surface area contributed by atoms with Crippen LogP contribution in [0, 0.1) is 17.5 Å². The zero-order valence-electron chi connectivity index (χ0n) is 12.4. The predicted octanol–water partition coefficient (Wildman–Crippen LogP) is 1.16. The molecule has 1 unspecified atom stereocenters. The van der Waals surface area contributed by atoms with Gasteiger partial charge in [-0.2, -0.15) is 0 Å². The van der Waals surface area contributed by atoms with Crippen LogP contribution in [0.5, 0.6) is 0 Å². The van der Waals surface area contributed by atoms with Crippen LogP contribution >= 0.6 is 0 Å². The number of hydrogen-bond acceptors (Lipinski definition) is 3. The van der Waals surface area contributed by atoms with Crippen LogP contribution in [0.25, 0.3) is 0 Å². The van der Waals surface area contributed by atoms with Gasteiger partial charge in [0.15, 0.2) is 17.5 Å². The minimum absolute atomic E-state index is 0.0507. The Morgan fingerprint density at radius 2 is 1.74 bits per heavy atom. The molecule has 0 heterocycles. The molecule has 6 nitrogen and oxygen atoms in total. The van der Waals surface area contributed by atoms with E-state index in [0.717, 1.165) is 4.90 Å². The molecule has 1 aromatic rings. The number of nitrogens with one attached hydrogen (secondary N) is 1. The van der Waals surface area contributed by atoms with Crippen LogP contribution in [0.2, 0.25) is 0 Å². The molecular formula is C14H15F3N2O4. The Kier molecular flexibility index (Phi) is 6.11. The van der Waals surface area contributed by atoms with Gasteiger partial charge in [-0.25, -0.2) is 18.0 Å². The van der Waals surface area contributed by atoms with Crippen molar-refractivity contribution in [3.63, 3.8) is 0 Å². The van der Waals surface area contributed by atoms with Crippen LogP contribution in [0.15, 0.2) is 12.1 Å². The van der Waals surface area contributed by atoms with Crippen molar-refractivity contribution in [2.24, 2.45) is 0 Å². The van der Waals surface area contributed by atoms with Gasteiger partial charge in [-0.3, -0.25) is 9.59 Å². The van der Waals surface area contributed by atoms with E-state index in [-0.39, 0.29) is 19.0 Å². The van der Waals surface area contributed by atoms with E-state index in [0.29, 0.717) is 12.1 Å². The number of hydrogen-bond donors (Lipinski definition) is 2. The average molecular weight is 332 g/mol. The van der Waals surface area contributed by atoms with Gasteiger partial charge in [-0.1, -0.05) is 0 Å². The molecule has 2 amide bonds. The van der Waals surface area contributed by atoms with E-state index in [1.165, 1.54) is 13.8 Å². The number of rotatable bonds is 6. The minimum atomic E-state index is -1.72. The van der Waals surface area contributed by atoms with Gasteiger partial charge in [0.1, 0.15) is 6.04 Å². The number of aliphatic carboxylic acids is 1. The summed E-state index contributed by atoms with van der Waals surface area (Å²) in [7, 11) is 0. The van der Waals surface area contributed by atoms with Crippen LogP contribution in [0.4, 0.5) is 13.2 Å². The molecule has 1 aromatic carbocycles. The van der Waals surface area contributed by atoms with Crippen molar-refractivity contribution < 1.29 is 32.7 Å². The summed E-state index contributed by atoms with van der Waals surface area (Å²) < 4.78 is 39.4. The molecule has 23 heavy (non-hydrogen) atoms. The molecule has 126 valence electrons. The van der Waals surface area contributed by atoms with Gasteiger partial charge in [0, 0.05) is 25.6 Å². The fourth-order valence-electron chi connectivity index (χ4n) is 1.80. The van der Waals surface area contributed by atoms with Gasteiger partial charge in [0.05, 0.1) is 0 Å². The van der Waals surface area contributed by atoms with Crippen molar-refractivity contribution in [1.29, 1.82) is 0 Å². The standard InChI is InChI=1S/C14H15F3N2O4/c1-7(14(22)23)19(4-3-18-8(2)20)13(21)9-5-10(15)12(17)11(16)6-9/h5-7H,3-4H2,1-2H3,(H,18,20)(H,22,23). The molecule has 0 aromatic heterocycles. The number of amides is 2. The highest BCUT2D eigenvalue weighted by molar-refractivity contribution is 5.96. The fraction of sp³-hybridized carbons (Fsp3) is 0.357. The van der Waals surface area contributed by atoms with E-state index in [4.69, 9.17) is 5.11 Å². The van der Waals surface area contributed by atoms with E-state index in [9.17, 15) is 27.6 Å². The molecule has 0 spiro atoms. The van der Waals surface area contributed by atoms with Gasteiger partial charge in [0.25, 0.3) is 5.91 Å². The molecule has 0 aliphatic heterocycles. The third-order valence-electron chi connectivity index (χ3n) is 3.04. The lowest BCUT2D eigenvalue weighted by Gasteiger charge is -2.26. The average Bonchev–Trinajstić information content (AvgIpc) is 2.47. The fourth-order valence-corrected chi connectivity index (χ4v) is 1.80. The SMILES string of the molecule is CC(=O)NCCN(C(=O)c1cc(F)c(F)c(F)c1)C(C)C(=O)O. The van der Waals surface area contributed by atoms with E-state index >= 15 is 0 Å². The first kappa shape index (κ1) is 18.5. The molecule has 0 bridgehead atoms. The van der Waals surface area contributed by atoms with Crippen LogP contribution in [-0.2, 0) is 9.59 Å². The van der Waals surface area contributed by atoms with Gasteiger partial charge in [-0.15, -0.1) is 0 Å². The van der Waals surface area contributed by atoms with Crippen LogP contribution in [0.3, 0.4) is 0 Å². The number of carbonyl (C=O) groups is 3. The largest absolute Gasteiger partial charge is 0.480 e. The molecule has 2 N–H and O–H groups in total. The molecule has 0 radical (unpaired) electrons. The summed E-state index contributed by atoms with van der Waals surface area (Å²) in [6.07, 6.45) is 0. The van der Waals surface area contributed by atoms with Crippen molar-refractivity contribution in [1.82, 2.24) is 10.2 Å². The summed E-state index contributed by atoms with van der Waals surface area (Å²) >= 11 is 0. The van der Waals surface area contributed by atoms with E-state index in [1.54, 1.807) is 0 Å². The zero-order valence-corrected chi connectivity index (χ0v) is 12.4. The number of halogens is 3. The third-order valence-corrected chi connectivity index (χ3v) is 3.04. The summed E-state index contributed by atoms with van der Waals surface area (Å²) in [6, 6.07) is -0.339. The summed E-state index contributed by atoms with van der Waals surface area (Å²) in [5.74, 6) is -7.57. The Morgan fingerprint density at radius 3 is 2.17 bits per heavy atom. The van der Waals surface area contributed by atoms with Crippen LogP contribution < -0.4 is 5.32 Å². The molecule has 0 aliphatic carbocycles. The summed E-state index contributed by atoms with van der Waals surface area (Å²) in [4.78, 5) is 35.0. The lowest BCUT2D eigenvalue weighted by atomic mass is 10.1. The van der Waals surface area contributed by atoms with Crippen molar-refractivity contribution >= 4 is 17.8 Å². The Hall–Kier alpha value is -2.58. The highest BCUT2D eigenvalue weighted by Crippen LogP contribution is 2.16. The Labute approximate surface area is 129 Å². The van der Waals surface area contributed by atoms with E-state index < -0.39 is 40.9 Å². The zero-order chi connectivity index (χ0) is 17.7. The lowest BCUT2D eigenvalue weighted by Crippen LogP contribution is -2.46. The molecule has 0 fully saturated rings. The Morgan fingerprint density at radius 1 is 1.22 bits per heavy atom. The first-order valence-electron chi connectivity index (χ1n) is 6.58. The van der Waals surface area contributed by atoms with Crippen molar-refractivity contribution in [2.75, 3.05) is 13.1 Å². The molecule has 1 rings (SSSR count). The minimum Gasteiger partial charge on any atom is -0.480 e. The molecular weight excluding hydrogens is 317 g/mol. The van der Waals surface area contributed by atoms with Gasteiger partial charge in [0.2, 0.25) is 5.91 Å². The molecule has 0 saturated carbocycles. The predicted molar refractivity (Wildman–Crippen MR) is 73.1 cm³/mol. The molecule has 9 heteroatoms. The lowest BCUT2D eigenvalue weighted by molar-refractivity contribution is -0.141. The second-order valence-electron chi connectivity index (χ2n) is 4.75. The molecule has 1 atom stereocenters. The molecule has 0 aliphatic rings. The monoisotopic (exact) mass is 332 g/mol. The van der Waals surface area contributed by atoms with Crippen molar-refractivity contribution in [3.05, 3.63) is 35.1 Å². The number of carboxylic acids is 1. The van der Waals surface area contributed by atoms with Gasteiger partial charge >= 0.3 is 5.97 Å². The summed E-state index contributed by atoms with van der Waals surface area (Å²) in [5, 5.41) is 11.4. The Balaban J connectivity index is 3.07. The highest BCUT2D eigenvalue weighted by atomic mass is 19.2. The first-order valence-corrected chi connectivity index (χ1v) is 6.58. The number of carbonyl (C=O) groups excluding carboxylic acids is 2. The Bertz CT molecular complexity index is 613. The summed E-state index contributed by atoms with van der Waals surface area (Å²) in [6.45, 7) is 2.18. The smallest absolute Gasteiger partial charge is 0.326 e. The number of nitrogens with zero attached hydrogens (tertiary/aromatic N) is 1. The molecule has 0 saturated heterocycles. The van der Waals surface area contributed by atoms with E-state index in [2.05, 4.69) is 5.32 Å². The maximum absolute atomic E-state index is 13.2. The van der Waals surface area contributed by atoms with E-state index in [1.807, 2.05) is 0 Å². The second kappa shape index (κ2) is 7.61. The quantitative estimate of drug-likeness (QED) is 0.765. The second-order valence-corrected chi connectivity index (χ2v) is 4.75. The topological polar surface area (TPSA) is 86.7 Å². The van der Waals surface area contributed by atoms with Crippen molar-refractivity contribution in [2.45, 2.75) is 19.9 Å². The normalized spacial score (nSPS) is 11.7. The van der Waals surface area contributed by atoms with Gasteiger partial charge < -0.3 is 15.3 Å². The highest BCUT2D eigenvalue weighted by Gasteiger charge is 2.27. The van der Waals surface area contributed by atoms with Crippen molar-refractivity contribution in [3.8, 4) is 0 Å². The third kappa shape index (κ3) is 4.70. The maximum atomic E-state index is 13.2. The summed E-state index contributed by atoms with van der Waals surface area (Å²) in [5.41, 5.74) is -0.530.